The quantitative estimate of drug-likeness (QED) is 0.788. The van der Waals surface area contributed by atoms with Gasteiger partial charge in [-0.3, -0.25) is 4.68 Å². The van der Waals surface area contributed by atoms with Crippen LogP contribution in [0.3, 0.4) is 0 Å². The van der Waals surface area contributed by atoms with Crippen molar-refractivity contribution >= 4 is 15.9 Å². The zero-order valence-electron chi connectivity index (χ0n) is 13.0. The van der Waals surface area contributed by atoms with E-state index in [0.29, 0.717) is 11.8 Å². The highest BCUT2D eigenvalue weighted by Gasteiger charge is 2.16. The Morgan fingerprint density at radius 2 is 2.00 bits per heavy atom. The van der Waals surface area contributed by atoms with Gasteiger partial charge in [-0.1, -0.05) is 27.2 Å². The molecule has 0 amide bonds. The van der Waals surface area contributed by atoms with Crippen LogP contribution in [0.1, 0.15) is 45.0 Å². The molecular formula is C15H28BrN3. The molecule has 1 aromatic heterocycles. The van der Waals surface area contributed by atoms with Crippen LogP contribution >= 0.6 is 15.9 Å². The third-order valence-corrected chi connectivity index (χ3v) is 4.46. The van der Waals surface area contributed by atoms with E-state index >= 15 is 0 Å². The summed E-state index contributed by atoms with van der Waals surface area (Å²) < 4.78 is 3.20. The summed E-state index contributed by atoms with van der Waals surface area (Å²) in [5, 5.41) is 8.07. The molecule has 4 heteroatoms. The van der Waals surface area contributed by atoms with Gasteiger partial charge in [0, 0.05) is 7.05 Å². The van der Waals surface area contributed by atoms with Crippen molar-refractivity contribution in [1.29, 1.82) is 0 Å². The van der Waals surface area contributed by atoms with Crippen molar-refractivity contribution in [2.75, 3.05) is 13.1 Å². The predicted octanol–water partition coefficient (Wildman–Crippen LogP) is 3.70. The lowest BCUT2D eigenvalue weighted by molar-refractivity contribution is 0.412. The number of hydrogen-bond donors (Lipinski definition) is 1. The molecule has 19 heavy (non-hydrogen) atoms. The molecule has 3 nitrogen and oxygen atoms in total. The van der Waals surface area contributed by atoms with Gasteiger partial charge in [0.2, 0.25) is 0 Å². The molecule has 1 rings (SSSR count). The van der Waals surface area contributed by atoms with Gasteiger partial charge in [-0.25, -0.2) is 0 Å². The van der Waals surface area contributed by atoms with Crippen LogP contribution in [0.5, 0.6) is 0 Å². The predicted molar refractivity (Wildman–Crippen MR) is 85.5 cm³/mol. The molecule has 1 aromatic rings. The maximum absolute atomic E-state index is 4.48. The molecule has 0 saturated carbocycles. The molecule has 1 N–H and O–H groups in total. The maximum Gasteiger partial charge on any atom is 0.0738 e. The standard InChI is InChI=1S/C15H28BrN3/c1-6-7-13(10-17-9-11(2)3)8-14-15(16)12(4)18-19(14)5/h11,13,17H,6-10H2,1-5H3. The van der Waals surface area contributed by atoms with E-state index in [-0.39, 0.29) is 0 Å². The first-order chi connectivity index (χ1) is 8.95. The highest BCUT2D eigenvalue weighted by atomic mass is 79.9. The van der Waals surface area contributed by atoms with E-state index in [9.17, 15) is 0 Å². The third-order valence-electron chi connectivity index (χ3n) is 3.43. The molecule has 1 heterocycles. The van der Waals surface area contributed by atoms with Crippen LogP contribution in [-0.2, 0) is 13.5 Å². The number of aryl methyl sites for hydroxylation is 2. The Kier molecular flexibility index (Phi) is 7.08. The molecule has 0 aliphatic rings. The monoisotopic (exact) mass is 329 g/mol. The van der Waals surface area contributed by atoms with Gasteiger partial charge < -0.3 is 5.32 Å². The molecule has 110 valence electrons. The average molecular weight is 330 g/mol. The number of nitrogens with zero attached hydrogens (tertiary/aromatic N) is 2. The van der Waals surface area contributed by atoms with Crippen molar-refractivity contribution in [2.24, 2.45) is 18.9 Å². The van der Waals surface area contributed by atoms with E-state index in [1.807, 2.05) is 11.7 Å². The lowest BCUT2D eigenvalue weighted by Crippen LogP contribution is -2.28. The van der Waals surface area contributed by atoms with Crippen LogP contribution < -0.4 is 5.32 Å². The molecule has 0 fully saturated rings. The topological polar surface area (TPSA) is 29.9 Å². The molecule has 0 spiro atoms. The highest BCUT2D eigenvalue weighted by molar-refractivity contribution is 9.10. The lowest BCUT2D eigenvalue weighted by Gasteiger charge is -2.18. The summed E-state index contributed by atoms with van der Waals surface area (Å²) >= 11 is 3.67. The summed E-state index contributed by atoms with van der Waals surface area (Å²) in [5.74, 6) is 1.41. The first-order valence-corrected chi connectivity index (χ1v) is 8.13. The number of halogens is 1. The zero-order chi connectivity index (χ0) is 14.4. The number of hydrogen-bond acceptors (Lipinski definition) is 2. The Morgan fingerprint density at radius 1 is 1.32 bits per heavy atom. The second-order valence-electron chi connectivity index (χ2n) is 5.88. The van der Waals surface area contributed by atoms with Crippen molar-refractivity contribution < 1.29 is 0 Å². The molecular weight excluding hydrogens is 302 g/mol. The summed E-state index contributed by atoms with van der Waals surface area (Å²) in [5.41, 5.74) is 2.41. The van der Waals surface area contributed by atoms with E-state index in [4.69, 9.17) is 0 Å². The number of nitrogens with one attached hydrogen (secondary N) is 1. The fraction of sp³-hybridized carbons (Fsp3) is 0.800. The zero-order valence-corrected chi connectivity index (χ0v) is 14.5. The third kappa shape index (κ3) is 5.27. The van der Waals surface area contributed by atoms with Crippen molar-refractivity contribution in [2.45, 2.75) is 47.0 Å². The fourth-order valence-electron chi connectivity index (χ4n) is 2.44. The van der Waals surface area contributed by atoms with Gasteiger partial charge in [-0.2, -0.15) is 5.10 Å². The van der Waals surface area contributed by atoms with Gasteiger partial charge in [-0.15, -0.1) is 0 Å². The molecule has 0 aromatic carbocycles. The Bertz CT molecular complexity index is 385. The summed E-state index contributed by atoms with van der Waals surface area (Å²) in [7, 11) is 2.04. The summed E-state index contributed by atoms with van der Waals surface area (Å²) in [6.45, 7) is 11.0. The van der Waals surface area contributed by atoms with Crippen molar-refractivity contribution in [3.8, 4) is 0 Å². The second kappa shape index (κ2) is 8.05. The first-order valence-electron chi connectivity index (χ1n) is 7.34. The number of rotatable bonds is 8. The Balaban J connectivity index is 2.61. The Morgan fingerprint density at radius 3 is 2.47 bits per heavy atom. The van der Waals surface area contributed by atoms with Gasteiger partial charge in [0.15, 0.2) is 0 Å². The Hall–Kier alpha value is -0.350. The summed E-state index contributed by atoms with van der Waals surface area (Å²) in [6.07, 6.45) is 3.60. The smallest absolute Gasteiger partial charge is 0.0738 e. The van der Waals surface area contributed by atoms with E-state index < -0.39 is 0 Å². The van der Waals surface area contributed by atoms with Crippen LogP contribution in [0, 0.1) is 18.8 Å². The first kappa shape index (κ1) is 16.7. The largest absolute Gasteiger partial charge is 0.316 e. The van der Waals surface area contributed by atoms with Crippen molar-refractivity contribution in [3.63, 3.8) is 0 Å². The highest BCUT2D eigenvalue weighted by Crippen LogP contribution is 2.24. The van der Waals surface area contributed by atoms with Crippen molar-refractivity contribution in [3.05, 3.63) is 15.9 Å². The van der Waals surface area contributed by atoms with Crippen LogP contribution in [0.25, 0.3) is 0 Å². The fourth-order valence-corrected chi connectivity index (χ4v) is 2.93. The summed E-state index contributed by atoms with van der Waals surface area (Å²) in [6, 6.07) is 0. The van der Waals surface area contributed by atoms with Gasteiger partial charge in [-0.05, 0) is 60.6 Å². The average Bonchev–Trinajstić information content (AvgIpc) is 2.55. The van der Waals surface area contributed by atoms with E-state index in [0.717, 1.165) is 25.2 Å². The molecule has 0 radical (unpaired) electrons. The minimum atomic E-state index is 0.690. The van der Waals surface area contributed by atoms with Crippen LogP contribution in [-0.4, -0.2) is 22.9 Å². The van der Waals surface area contributed by atoms with Crippen molar-refractivity contribution in [1.82, 2.24) is 15.1 Å². The normalized spacial score (nSPS) is 13.2. The van der Waals surface area contributed by atoms with E-state index in [1.165, 1.54) is 23.0 Å². The molecule has 0 saturated heterocycles. The second-order valence-corrected chi connectivity index (χ2v) is 6.67. The van der Waals surface area contributed by atoms with E-state index in [1.54, 1.807) is 0 Å². The summed E-state index contributed by atoms with van der Waals surface area (Å²) in [4.78, 5) is 0. The SMILES string of the molecule is CCCC(CNCC(C)C)Cc1c(Br)c(C)nn1C. The minimum Gasteiger partial charge on any atom is -0.316 e. The van der Waals surface area contributed by atoms with Crippen LogP contribution in [0.15, 0.2) is 4.47 Å². The molecule has 1 atom stereocenters. The molecule has 1 unspecified atom stereocenters. The van der Waals surface area contributed by atoms with Gasteiger partial charge in [0.1, 0.15) is 0 Å². The van der Waals surface area contributed by atoms with Crippen LogP contribution in [0.2, 0.25) is 0 Å². The molecule has 0 bridgehead atoms. The van der Waals surface area contributed by atoms with Crippen LogP contribution in [0.4, 0.5) is 0 Å². The van der Waals surface area contributed by atoms with Gasteiger partial charge >= 0.3 is 0 Å². The van der Waals surface area contributed by atoms with Gasteiger partial charge in [0.25, 0.3) is 0 Å². The van der Waals surface area contributed by atoms with Gasteiger partial charge in [0.05, 0.1) is 15.9 Å². The number of aromatic nitrogens is 2. The minimum absolute atomic E-state index is 0.690. The van der Waals surface area contributed by atoms with E-state index in [2.05, 4.69) is 54.0 Å². The molecule has 0 aliphatic carbocycles. The maximum atomic E-state index is 4.48. The molecule has 0 aliphatic heterocycles. The Labute approximate surface area is 126 Å². The lowest BCUT2D eigenvalue weighted by atomic mass is 9.97.